The summed E-state index contributed by atoms with van der Waals surface area (Å²) in [6.45, 7) is 5.12. The maximum Gasteiger partial charge on any atom is 0.225 e. The van der Waals surface area contributed by atoms with Crippen LogP contribution in [0.3, 0.4) is 0 Å². The van der Waals surface area contributed by atoms with Crippen molar-refractivity contribution in [2.75, 3.05) is 7.05 Å². The number of amides is 1. The highest BCUT2D eigenvalue weighted by Crippen LogP contribution is 2.28. The molecule has 0 aliphatic heterocycles. The van der Waals surface area contributed by atoms with E-state index in [0.717, 1.165) is 18.8 Å². The van der Waals surface area contributed by atoms with Crippen LogP contribution in [0.4, 0.5) is 0 Å². The third kappa shape index (κ3) is 4.06. The first-order chi connectivity index (χ1) is 10.5. The van der Waals surface area contributed by atoms with Gasteiger partial charge in [0.1, 0.15) is 5.82 Å². The highest BCUT2D eigenvalue weighted by Gasteiger charge is 2.26. The summed E-state index contributed by atoms with van der Waals surface area (Å²) in [5, 5.41) is 4.47. The first kappa shape index (κ1) is 16.9. The number of primary amides is 1. The van der Waals surface area contributed by atoms with Gasteiger partial charge in [-0.3, -0.25) is 9.69 Å². The molecule has 0 spiro atoms. The SMILES string of the molecule is CCCn1nc(CC(N)=O)nc1C(C)N(C)C1CCCCC1. The molecule has 6 heteroatoms. The van der Waals surface area contributed by atoms with Crippen molar-refractivity contribution in [3.05, 3.63) is 11.6 Å². The summed E-state index contributed by atoms with van der Waals surface area (Å²) in [4.78, 5) is 18.1. The van der Waals surface area contributed by atoms with E-state index < -0.39 is 0 Å². The average molecular weight is 307 g/mol. The Kier molecular flexibility index (Phi) is 5.94. The lowest BCUT2D eigenvalue weighted by Crippen LogP contribution is -2.36. The number of hydrogen-bond donors (Lipinski definition) is 1. The highest BCUT2D eigenvalue weighted by molar-refractivity contribution is 5.75. The van der Waals surface area contributed by atoms with Crippen LogP contribution in [0, 0.1) is 0 Å². The van der Waals surface area contributed by atoms with E-state index in [0.29, 0.717) is 11.9 Å². The number of aromatic nitrogens is 3. The molecule has 1 aliphatic rings. The molecule has 0 radical (unpaired) electrons. The molecule has 1 fully saturated rings. The van der Waals surface area contributed by atoms with Crippen LogP contribution >= 0.6 is 0 Å². The molecule has 2 rings (SSSR count). The van der Waals surface area contributed by atoms with Gasteiger partial charge in [0.05, 0.1) is 12.5 Å². The van der Waals surface area contributed by atoms with Crippen molar-refractivity contribution in [3.63, 3.8) is 0 Å². The van der Waals surface area contributed by atoms with E-state index in [1.54, 1.807) is 0 Å². The van der Waals surface area contributed by atoms with Gasteiger partial charge in [0, 0.05) is 12.6 Å². The van der Waals surface area contributed by atoms with Gasteiger partial charge in [0.25, 0.3) is 0 Å². The molecule has 1 aromatic rings. The molecule has 124 valence electrons. The number of rotatable bonds is 7. The first-order valence-electron chi connectivity index (χ1n) is 8.46. The van der Waals surface area contributed by atoms with Crippen LogP contribution in [0.15, 0.2) is 0 Å². The Morgan fingerprint density at radius 1 is 1.41 bits per heavy atom. The summed E-state index contributed by atoms with van der Waals surface area (Å²) < 4.78 is 1.95. The topological polar surface area (TPSA) is 77.0 Å². The van der Waals surface area contributed by atoms with E-state index in [2.05, 4.69) is 35.9 Å². The van der Waals surface area contributed by atoms with Crippen molar-refractivity contribution in [3.8, 4) is 0 Å². The van der Waals surface area contributed by atoms with Gasteiger partial charge in [0.2, 0.25) is 5.91 Å². The molecule has 1 unspecified atom stereocenters. The average Bonchev–Trinajstić information content (AvgIpc) is 2.89. The smallest absolute Gasteiger partial charge is 0.225 e. The van der Waals surface area contributed by atoms with Gasteiger partial charge in [-0.2, -0.15) is 5.10 Å². The van der Waals surface area contributed by atoms with Gasteiger partial charge < -0.3 is 5.73 Å². The Labute approximate surface area is 133 Å². The lowest BCUT2D eigenvalue weighted by molar-refractivity contribution is -0.117. The van der Waals surface area contributed by atoms with Crippen molar-refractivity contribution in [2.24, 2.45) is 5.73 Å². The fraction of sp³-hybridized carbons (Fsp3) is 0.812. The fourth-order valence-corrected chi connectivity index (χ4v) is 3.31. The largest absolute Gasteiger partial charge is 0.369 e. The molecule has 22 heavy (non-hydrogen) atoms. The van der Waals surface area contributed by atoms with Gasteiger partial charge in [0.15, 0.2) is 5.82 Å². The summed E-state index contributed by atoms with van der Waals surface area (Å²) >= 11 is 0. The van der Waals surface area contributed by atoms with Gasteiger partial charge >= 0.3 is 0 Å². The normalized spacial score (nSPS) is 17.8. The number of aryl methyl sites for hydroxylation is 1. The quantitative estimate of drug-likeness (QED) is 0.836. The summed E-state index contributed by atoms with van der Waals surface area (Å²) in [5.74, 6) is 1.11. The van der Waals surface area contributed by atoms with Crippen molar-refractivity contribution in [1.29, 1.82) is 0 Å². The van der Waals surface area contributed by atoms with Crippen LogP contribution in [-0.2, 0) is 17.8 Å². The number of carbonyl (C=O) groups excluding carboxylic acids is 1. The van der Waals surface area contributed by atoms with E-state index in [1.165, 1.54) is 32.1 Å². The van der Waals surface area contributed by atoms with Crippen LogP contribution in [0.25, 0.3) is 0 Å². The molecular weight excluding hydrogens is 278 g/mol. The Morgan fingerprint density at radius 3 is 2.68 bits per heavy atom. The molecule has 0 saturated heterocycles. The van der Waals surface area contributed by atoms with Crippen LogP contribution in [0.5, 0.6) is 0 Å². The second kappa shape index (κ2) is 7.72. The molecule has 1 saturated carbocycles. The molecule has 2 N–H and O–H groups in total. The Hall–Kier alpha value is -1.43. The van der Waals surface area contributed by atoms with Crippen LogP contribution in [-0.4, -0.2) is 38.7 Å². The van der Waals surface area contributed by atoms with E-state index >= 15 is 0 Å². The molecular formula is C16H29N5O. The Morgan fingerprint density at radius 2 is 2.09 bits per heavy atom. The Bertz CT molecular complexity index is 493. The zero-order valence-corrected chi connectivity index (χ0v) is 14.1. The molecule has 1 aromatic heterocycles. The molecule has 1 atom stereocenters. The molecule has 6 nitrogen and oxygen atoms in total. The zero-order chi connectivity index (χ0) is 16.1. The first-order valence-corrected chi connectivity index (χ1v) is 8.46. The monoisotopic (exact) mass is 307 g/mol. The summed E-state index contributed by atoms with van der Waals surface area (Å²) in [7, 11) is 2.18. The van der Waals surface area contributed by atoms with Gasteiger partial charge in [-0.05, 0) is 33.2 Å². The van der Waals surface area contributed by atoms with Crippen LogP contribution in [0.2, 0.25) is 0 Å². The molecule has 0 aromatic carbocycles. The predicted octanol–water partition coefficient (Wildman–Crippen LogP) is 2.04. The highest BCUT2D eigenvalue weighted by atomic mass is 16.1. The lowest BCUT2D eigenvalue weighted by Gasteiger charge is -2.35. The molecule has 1 amide bonds. The maximum atomic E-state index is 11.1. The number of hydrogen-bond acceptors (Lipinski definition) is 4. The van der Waals surface area contributed by atoms with Gasteiger partial charge in [-0.1, -0.05) is 26.2 Å². The van der Waals surface area contributed by atoms with Gasteiger partial charge in [-0.25, -0.2) is 9.67 Å². The van der Waals surface area contributed by atoms with Crippen molar-refractivity contribution < 1.29 is 4.79 Å². The molecule has 0 bridgehead atoms. The summed E-state index contributed by atoms with van der Waals surface area (Å²) in [5.41, 5.74) is 5.27. The van der Waals surface area contributed by atoms with E-state index in [1.807, 2.05) is 4.68 Å². The number of nitrogens with zero attached hydrogens (tertiary/aromatic N) is 4. The maximum absolute atomic E-state index is 11.1. The second-order valence-corrected chi connectivity index (χ2v) is 6.39. The third-order valence-electron chi connectivity index (χ3n) is 4.65. The second-order valence-electron chi connectivity index (χ2n) is 6.39. The van der Waals surface area contributed by atoms with E-state index in [4.69, 9.17) is 5.73 Å². The fourth-order valence-electron chi connectivity index (χ4n) is 3.31. The van der Waals surface area contributed by atoms with E-state index in [9.17, 15) is 4.79 Å². The third-order valence-corrected chi connectivity index (χ3v) is 4.65. The minimum absolute atomic E-state index is 0.115. The van der Waals surface area contributed by atoms with Gasteiger partial charge in [-0.15, -0.1) is 0 Å². The zero-order valence-electron chi connectivity index (χ0n) is 14.1. The predicted molar refractivity (Wildman–Crippen MR) is 86.3 cm³/mol. The van der Waals surface area contributed by atoms with Crippen molar-refractivity contribution in [1.82, 2.24) is 19.7 Å². The number of carbonyl (C=O) groups is 1. The minimum atomic E-state index is -0.381. The van der Waals surface area contributed by atoms with Crippen molar-refractivity contribution >= 4 is 5.91 Å². The van der Waals surface area contributed by atoms with E-state index in [-0.39, 0.29) is 18.4 Å². The standard InChI is InChI=1S/C16H29N5O/c1-4-10-21-16(18-15(19-21)11-14(17)22)12(2)20(3)13-8-6-5-7-9-13/h12-13H,4-11H2,1-3H3,(H2,17,22). The summed E-state index contributed by atoms with van der Waals surface area (Å²) in [6.07, 6.45) is 7.61. The van der Waals surface area contributed by atoms with Crippen molar-refractivity contribution in [2.45, 2.75) is 77.4 Å². The molecule has 1 heterocycles. The Balaban J connectivity index is 2.16. The minimum Gasteiger partial charge on any atom is -0.369 e. The molecule has 1 aliphatic carbocycles. The lowest BCUT2D eigenvalue weighted by atomic mass is 9.93. The number of nitrogens with two attached hydrogens (primary N) is 1. The van der Waals surface area contributed by atoms with Crippen LogP contribution < -0.4 is 5.73 Å². The summed E-state index contributed by atoms with van der Waals surface area (Å²) in [6, 6.07) is 0.818. The van der Waals surface area contributed by atoms with Crippen LogP contribution in [0.1, 0.15) is 70.1 Å².